The molecule has 0 fully saturated rings. The quantitative estimate of drug-likeness (QED) is 0.809. The maximum absolute atomic E-state index is 13.0. The highest BCUT2D eigenvalue weighted by atomic mass is 16.5. The van der Waals surface area contributed by atoms with Gasteiger partial charge in [0.1, 0.15) is 12.2 Å². The molecule has 2 aliphatic rings. The molecule has 2 aromatic rings. The minimum Gasteiger partial charge on any atom is -0.493 e. The number of rotatable bonds is 3. The van der Waals surface area contributed by atoms with Gasteiger partial charge in [-0.05, 0) is 6.07 Å². The molecule has 0 saturated heterocycles. The van der Waals surface area contributed by atoms with Crippen LogP contribution in [0.4, 0.5) is 5.95 Å². The smallest absolute Gasteiger partial charge is 0.248 e. The fraction of sp³-hybridized carbons (Fsp3) is 0.353. The van der Waals surface area contributed by atoms with Crippen LogP contribution in [0.15, 0.2) is 29.5 Å². The van der Waals surface area contributed by atoms with Crippen LogP contribution in [0.25, 0.3) is 0 Å². The molecule has 2 unspecified atom stereocenters. The standard InChI is InChI=1S/C17H17N5O4/c1-21-16(24)13-10(9-5-4-6-11(25-2)14(9)26-3)7-12(23)20-15(13)22-17(21)18-8-19-22/h4-6,8,10,13H,7H2,1-3H3. The molecule has 1 aromatic carbocycles. The lowest BCUT2D eigenvalue weighted by atomic mass is 9.78. The van der Waals surface area contributed by atoms with Crippen molar-refractivity contribution in [2.45, 2.75) is 12.3 Å². The van der Waals surface area contributed by atoms with Crippen LogP contribution in [-0.4, -0.2) is 53.7 Å². The van der Waals surface area contributed by atoms with Crippen molar-refractivity contribution >= 4 is 23.6 Å². The van der Waals surface area contributed by atoms with E-state index in [0.717, 1.165) is 5.56 Å². The van der Waals surface area contributed by atoms with Gasteiger partial charge in [-0.25, -0.2) is 0 Å². The van der Waals surface area contributed by atoms with Crippen molar-refractivity contribution in [3.63, 3.8) is 0 Å². The highest BCUT2D eigenvalue weighted by Crippen LogP contribution is 2.44. The summed E-state index contributed by atoms with van der Waals surface area (Å²) in [6, 6.07) is 5.42. The van der Waals surface area contributed by atoms with Gasteiger partial charge in [-0.2, -0.15) is 19.8 Å². The van der Waals surface area contributed by atoms with E-state index in [1.807, 2.05) is 12.1 Å². The van der Waals surface area contributed by atoms with Gasteiger partial charge in [-0.3, -0.25) is 14.5 Å². The molecule has 0 saturated carbocycles. The number of nitrogens with zero attached hydrogens (tertiary/aromatic N) is 5. The highest BCUT2D eigenvalue weighted by Gasteiger charge is 2.47. The number of carbonyl (C=O) groups excluding carboxylic acids is 2. The van der Waals surface area contributed by atoms with Crippen LogP contribution >= 0.6 is 0 Å². The second-order valence-corrected chi connectivity index (χ2v) is 6.10. The summed E-state index contributed by atoms with van der Waals surface area (Å²) >= 11 is 0. The molecule has 0 radical (unpaired) electrons. The lowest BCUT2D eigenvalue weighted by Crippen LogP contribution is -2.51. The van der Waals surface area contributed by atoms with E-state index in [4.69, 9.17) is 9.47 Å². The van der Waals surface area contributed by atoms with E-state index in [-0.39, 0.29) is 18.2 Å². The van der Waals surface area contributed by atoms with Gasteiger partial charge in [0.25, 0.3) is 0 Å². The second kappa shape index (κ2) is 5.94. The summed E-state index contributed by atoms with van der Waals surface area (Å²) in [6.07, 6.45) is 1.44. The maximum Gasteiger partial charge on any atom is 0.248 e. The number of hydrogen-bond acceptors (Lipinski definition) is 6. The average Bonchev–Trinajstić information content (AvgIpc) is 3.14. The molecule has 0 aliphatic carbocycles. The monoisotopic (exact) mass is 355 g/mol. The third-order valence-electron chi connectivity index (χ3n) is 4.79. The van der Waals surface area contributed by atoms with Crippen LogP contribution in [0.3, 0.4) is 0 Å². The molecule has 2 aliphatic heterocycles. The van der Waals surface area contributed by atoms with Gasteiger partial charge in [0.05, 0.1) is 14.2 Å². The van der Waals surface area contributed by atoms with Gasteiger partial charge in [0.15, 0.2) is 17.3 Å². The van der Waals surface area contributed by atoms with Crippen molar-refractivity contribution in [3.8, 4) is 11.5 Å². The molecule has 1 aromatic heterocycles. The SMILES string of the molecule is COc1cccc(C2CC(=O)N=C3C2C(=O)N(C)c2ncnn23)c1OC. The van der Waals surface area contributed by atoms with Gasteiger partial charge in [-0.15, -0.1) is 0 Å². The van der Waals surface area contributed by atoms with Crippen molar-refractivity contribution < 1.29 is 19.1 Å². The van der Waals surface area contributed by atoms with Crippen molar-refractivity contribution in [3.05, 3.63) is 30.1 Å². The predicted molar refractivity (Wildman–Crippen MR) is 91.7 cm³/mol. The summed E-state index contributed by atoms with van der Waals surface area (Å²) in [7, 11) is 4.71. The Morgan fingerprint density at radius 2 is 2.00 bits per heavy atom. The van der Waals surface area contributed by atoms with Crippen LogP contribution in [0.1, 0.15) is 17.9 Å². The van der Waals surface area contributed by atoms with E-state index in [0.29, 0.717) is 23.3 Å². The molecule has 9 nitrogen and oxygen atoms in total. The van der Waals surface area contributed by atoms with E-state index < -0.39 is 11.8 Å². The fourth-order valence-corrected chi connectivity index (χ4v) is 3.62. The molecule has 26 heavy (non-hydrogen) atoms. The molecule has 3 heterocycles. The first-order valence-electron chi connectivity index (χ1n) is 8.07. The second-order valence-electron chi connectivity index (χ2n) is 6.10. The first-order chi connectivity index (χ1) is 12.6. The van der Waals surface area contributed by atoms with Gasteiger partial charge >= 0.3 is 0 Å². The zero-order chi connectivity index (χ0) is 18.4. The van der Waals surface area contributed by atoms with E-state index in [2.05, 4.69) is 15.1 Å². The first kappa shape index (κ1) is 16.2. The molecular formula is C17H17N5O4. The number of benzene rings is 1. The minimum absolute atomic E-state index is 0.0985. The molecule has 0 spiro atoms. The Morgan fingerprint density at radius 1 is 1.19 bits per heavy atom. The average molecular weight is 355 g/mol. The van der Waals surface area contributed by atoms with Crippen LogP contribution < -0.4 is 14.4 Å². The molecule has 134 valence electrons. The van der Waals surface area contributed by atoms with Crippen LogP contribution in [0, 0.1) is 5.92 Å². The number of aliphatic imine (C=N–C) groups is 1. The molecule has 0 bridgehead atoms. The molecule has 9 heteroatoms. The van der Waals surface area contributed by atoms with E-state index >= 15 is 0 Å². The van der Waals surface area contributed by atoms with Gasteiger partial charge < -0.3 is 9.47 Å². The Balaban J connectivity index is 1.90. The maximum atomic E-state index is 13.0. The molecular weight excluding hydrogens is 338 g/mol. The summed E-state index contributed by atoms with van der Waals surface area (Å²) < 4.78 is 12.3. The molecule has 2 atom stereocenters. The Hall–Kier alpha value is -3.23. The van der Waals surface area contributed by atoms with E-state index in [1.165, 1.54) is 23.0 Å². The number of aromatic nitrogens is 3. The number of methoxy groups -OCH3 is 2. The minimum atomic E-state index is -0.659. The lowest BCUT2D eigenvalue weighted by molar-refractivity contribution is -0.123. The highest BCUT2D eigenvalue weighted by molar-refractivity contribution is 6.18. The summed E-state index contributed by atoms with van der Waals surface area (Å²) in [5.41, 5.74) is 0.725. The van der Waals surface area contributed by atoms with Crippen LogP contribution in [-0.2, 0) is 9.59 Å². The summed E-state index contributed by atoms with van der Waals surface area (Å²) in [5, 5.41) is 4.14. The topological polar surface area (TPSA) is 98.9 Å². The van der Waals surface area contributed by atoms with Crippen LogP contribution in [0.5, 0.6) is 11.5 Å². The molecule has 0 N–H and O–H groups in total. The zero-order valence-electron chi connectivity index (χ0n) is 14.5. The lowest BCUT2D eigenvalue weighted by Gasteiger charge is -2.36. The third-order valence-corrected chi connectivity index (χ3v) is 4.79. The molecule has 2 amide bonds. The Labute approximate surface area is 149 Å². The van der Waals surface area contributed by atoms with Crippen LogP contribution in [0.2, 0.25) is 0 Å². The normalized spacial score (nSPS) is 21.8. The van der Waals surface area contributed by atoms with Crippen molar-refractivity contribution in [1.82, 2.24) is 14.8 Å². The number of fused-ring (bicyclic) bond motifs is 3. The van der Waals surface area contributed by atoms with E-state index in [9.17, 15) is 9.59 Å². The Bertz CT molecular complexity index is 935. The van der Waals surface area contributed by atoms with E-state index in [1.54, 1.807) is 20.2 Å². The number of hydrogen-bond donors (Lipinski definition) is 0. The summed E-state index contributed by atoms with van der Waals surface area (Å²) in [6.45, 7) is 0. The van der Waals surface area contributed by atoms with Gasteiger partial charge in [-0.1, -0.05) is 12.1 Å². The largest absolute Gasteiger partial charge is 0.493 e. The zero-order valence-corrected chi connectivity index (χ0v) is 14.5. The predicted octanol–water partition coefficient (Wildman–Crippen LogP) is 0.849. The summed E-state index contributed by atoms with van der Waals surface area (Å²) in [5.74, 6) is 0.0908. The Kier molecular flexibility index (Phi) is 3.71. The molecule has 4 rings (SSSR count). The number of para-hydroxylation sites is 1. The summed E-state index contributed by atoms with van der Waals surface area (Å²) in [4.78, 5) is 35.0. The van der Waals surface area contributed by atoms with Gasteiger partial charge in [0.2, 0.25) is 17.8 Å². The van der Waals surface area contributed by atoms with Crippen molar-refractivity contribution in [1.29, 1.82) is 0 Å². The first-order valence-corrected chi connectivity index (χ1v) is 8.07. The van der Waals surface area contributed by atoms with Crippen molar-refractivity contribution in [2.75, 3.05) is 26.2 Å². The number of ether oxygens (including phenoxy) is 2. The number of carbonyl (C=O) groups is 2. The number of amides is 2. The fourth-order valence-electron chi connectivity index (χ4n) is 3.62. The Morgan fingerprint density at radius 3 is 2.73 bits per heavy atom. The van der Waals surface area contributed by atoms with Crippen molar-refractivity contribution in [2.24, 2.45) is 10.9 Å². The van der Waals surface area contributed by atoms with Gasteiger partial charge in [0, 0.05) is 24.9 Å². The number of anilines is 1. The third kappa shape index (κ3) is 2.20.